The smallest absolute Gasteiger partial charge is 0.249 e. The molecule has 0 atom stereocenters. The highest BCUT2D eigenvalue weighted by Gasteiger charge is 2.04. The van der Waals surface area contributed by atoms with Crippen molar-refractivity contribution in [3.63, 3.8) is 0 Å². The molecule has 0 spiro atoms. The summed E-state index contributed by atoms with van der Waals surface area (Å²) in [6, 6.07) is 20.4. The van der Waals surface area contributed by atoms with Gasteiger partial charge >= 0.3 is 0 Å². The second-order valence-electron chi connectivity index (χ2n) is 5.27. The molecule has 132 valence electrons. The highest BCUT2D eigenvalue weighted by Crippen LogP contribution is 2.24. The summed E-state index contributed by atoms with van der Waals surface area (Å²) in [7, 11) is 0. The van der Waals surface area contributed by atoms with E-state index in [0.29, 0.717) is 15.6 Å². The molecule has 0 saturated heterocycles. The van der Waals surface area contributed by atoms with Gasteiger partial charge < -0.3 is 16.2 Å². The molecular weight excluding hydrogens is 460 g/mol. The molecular formula is C20H16Br2N2O2. The zero-order valence-corrected chi connectivity index (χ0v) is 16.8. The fourth-order valence-electron chi connectivity index (χ4n) is 2.17. The Kier molecular flexibility index (Phi) is 7.12. The molecule has 3 rings (SSSR count). The second kappa shape index (κ2) is 9.31. The van der Waals surface area contributed by atoms with E-state index in [1.54, 1.807) is 30.3 Å². The van der Waals surface area contributed by atoms with Crippen LogP contribution in [0.3, 0.4) is 0 Å². The lowest BCUT2D eigenvalue weighted by molar-refractivity contribution is 0.0999. The molecule has 26 heavy (non-hydrogen) atoms. The Morgan fingerprint density at radius 3 is 2.23 bits per heavy atom. The molecule has 0 aliphatic carbocycles. The number of halogens is 2. The van der Waals surface area contributed by atoms with E-state index in [1.165, 1.54) is 0 Å². The molecule has 0 saturated carbocycles. The third-order valence-corrected chi connectivity index (χ3v) is 4.64. The Hall–Kier alpha value is -2.44. The van der Waals surface area contributed by atoms with Crippen LogP contribution in [0.5, 0.6) is 5.75 Å². The first kappa shape index (κ1) is 19.9. The first-order chi connectivity index (χ1) is 12.4. The Morgan fingerprint density at radius 2 is 1.65 bits per heavy atom. The summed E-state index contributed by atoms with van der Waals surface area (Å²) in [6.45, 7) is 0. The van der Waals surface area contributed by atoms with Crippen molar-refractivity contribution in [2.24, 2.45) is 5.73 Å². The van der Waals surface area contributed by atoms with Crippen molar-refractivity contribution in [3.8, 4) is 16.9 Å². The van der Waals surface area contributed by atoms with Gasteiger partial charge in [0.05, 0.1) is 5.56 Å². The number of carbonyl (C=O) groups excluding carboxylic acids is 1. The van der Waals surface area contributed by atoms with Crippen molar-refractivity contribution in [3.05, 3.63) is 86.8 Å². The van der Waals surface area contributed by atoms with Crippen LogP contribution >= 0.6 is 31.9 Å². The molecule has 0 bridgehead atoms. The zero-order chi connectivity index (χ0) is 19.1. The number of nitrogens with one attached hydrogen (secondary N) is 1. The van der Waals surface area contributed by atoms with Crippen LogP contribution in [-0.4, -0.2) is 17.2 Å². The van der Waals surface area contributed by atoms with Crippen LogP contribution in [0.4, 0.5) is 0 Å². The van der Waals surface area contributed by atoms with Crippen molar-refractivity contribution in [1.82, 2.24) is 0 Å². The summed E-state index contributed by atoms with van der Waals surface area (Å²) < 4.78 is 1.62. The summed E-state index contributed by atoms with van der Waals surface area (Å²) in [6.07, 6.45) is 1.15. The van der Waals surface area contributed by atoms with Crippen LogP contribution in [0, 0.1) is 5.41 Å². The van der Waals surface area contributed by atoms with E-state index in [1.807, 2.05) is 36.4 Å². The summed E-state index contributed by atoms with van der Waals surface area (Å²) in [4.78, 5) is 10.7. The number of primary amides is 1. The van der Waals surface area contributed by atoms with Crippen LogP contribution in [-0.2, 0) is 0 Å². The van der Waals surface area contributed by atoms with E-state index in [4.69, 9.17) is 11.1 Å². The number of hydrogen-bond donors (Lipinski definition) is 3. The zero-order valence-electron chi connectivity index (χ0n) is 13.6. The lowest BCUT2D eigenvalue weighted by Crippen LogP contribution is -2.11. The lowest BCUT2D eigenvalue weighted by Gasteiger charge is -2.04. The van der Waals surface area contributed by atoms with E-state index in [2.05, 4.69) is 31.9 Å². The Morgan fingerprint density at radius 1 is 0.962 bits per heavy atom. The molecule has 0 aliphatic rings. The highest BCUT2D eigenvalue weighted by atomic mass is 79.9. The standard InChI is InChI=1S/C13H11NO.C7H5Br2NO/c14-9-12-8-11(6-7-13(12)15)10-4-2-1-3-5-10;8-4-1-2-5(7(10)11)6(9)3-4/h1-9,14-15H;1-3H,(H2,10,11). The predicted octanol–water partition coefficient (Wildman–Crippen LogP) is 5.37. The Bertz CT molecular complexity index is 928. The summed E-state index contributed by atoms with van der Waals surface area (Å²) in [5.41, 5.74) is 8.20. The largest absolute Gasteiger partial charge is 0.507 e. The molecule has 0 aromatic heterocycles. The van der Waals surface area contributed by atoms with Gasteiger partial charge in [-0.25, -0.2) is 0 Å². The summed E-state index contributed by atoms with van der Waals surface area (Å²) >= 11 is 6.48. The minimum atomic E-state index is -0.427. The number of hydrogen-bond acceptors (Lipinski definition) is 3. The molecule has 0 radical (unpaired) electrons. The van der Waals surface area contributed by atoms with Gasteiger partial charge in [0, 0.05) is 20.7 Å². The molecule has 1 amide bonds. The van der Waals surface area contributed by atoms with Crippen LogP contribution in [0.15, 0.2) is 75.7 Å². The maximum Gasteiger partial charge on any atom is 0.249 e. The van der Waals surface area contributed by atoms with Crippen molar-refractivity contribution in [2.75, 3.05) is 0 Å². The highest BCUT2D eigenvalue weighted by molar-refractivity contribution is 9.11. The number of amides is 1. The van der Waals surface area contributed by atoms with Crippen LogP contribution in [0.1, 0.15) is 15.9 Å². The van der Waals surface area contributed by atoms with E-state index in [-0.39, 0.29) is 5.75 Å². The maximum atomic E-state index is 10.7. The molecule has 4 N–H and O–H groups in total. The first-order valence-electron chi connectivity index (χ1n) is 7.56. The first-order valence-corrected chi connectivity index (χ1v) is 9.14. The van der Waals surface area contributed by atoms with Gasteiger partial charge in [0.2, 0.25) is 5.91 Å². The third-order valence-electron chi connectivity index (χ3n) is 3.49. The van der Waals surface area contributed by atoms with Crippen molar-refractivity contribution in [2.45, 2.75) is 0 Å². The molecule has 0 heterocycles. The van der Waals surface area contributed by atoms with Gasteiger partial charge in [0.1, 0.15) is 5.75 Å². The third kappa shape index (κ3) is 5.28. The van der Waals surface area contributed by atoms with Gasteiger partial charge in [0.15, 0.2) is 0 Å². The molecule has 0 aliphatic heterocycles. The van der Waals surface area contributed by atoms with E-state index >= 15 is 0 Å². The fourth-order valence-corrected chi connectivity index (χ4v) is 3.41. The van der Waals surface area contributed by atoms with Gasteiger partial charge in [0.25, 0.3) is 0 Å². The monoisotopic (exact) mass is 474 g/mol. The van der Waals surface area contributed by atoms with Gasteiger partial charge in [-0.3, -0.25) is 4.79 Å². The lowest BCUT2D eigenvalue weighted by atomic mass is 10.0. The number of carbonyl (C=O) groups is 1. The SMILES string of the molecule is N=Cc1cc(-c2ccccc2)ccc1O.NC(=O)c1ccc(Br)cc1Br. The number of aromatic hydroxyl groups is 1. The van der Waals surface area contributed by atoms with E-state index in [0.717, 1.165) is 21.8 Å². The van der Waals surface area contributed by atoms with Gasteiger partial charge in [-0.2, -0.15) is 0 Å². The fraction of sp³-hybridized carbons (Fsp3) is 0. The predicted molar refractivity (Wildman–Crippen MR) is 112 cm³/mol. The molecule has 0 fully saturated rings. The van der Waals surface area contributed by atoms with Crippen LogP contribution < -0.4 is 5.73 Å². The summed E-state index contributed by atoms with van der Waals surface area (Å²) in [5, 5.41) is 16.6. The Labute approximate surface area is 168 Å². The quantitative estimate of drug-likeness (QED) is 0.445. The molecule has 3 aromatic carbocycles. The average molecular weight is 476 g/mol. The average Bonchev–Trinajstić information content (AvgIpc) is 2.63. The topological polar surface area (TPSA) is 87.2 Å². The molecule has 4 nitrogen and oxygen atoms in total. The minimum Gasteiger partial charge on any atom is -0.507 e. The summed E-state index contributed by atoms with van der Waals surface area (Å²) in [5.74, 6) is -0.283. The number of benzene rings is 3. The molecule has 3 aromatic rings. The normalized spacial score (nSPS) is 9.77. The van der Waals surface area contributed by atoms with Crippen molar-refractivity contribution in [1.29, 1.82) is 5.41 Å². The molecule has 6 heteroatoms. The van der Waals surface area contributed by atoms with Crippen LogP contribution in [0.25, 0.3) is 11.1 Å². The Balaban J connectivity index is 0.000000197. The number of nitrogens with two attached hydrogens (primary N) is 1. The van der Waals surface area contributed by atoms with Gasteiger partial charge in [-0.15, -0.1) is 0 Å². The minimum absolute atomic E-state index is 0.143. The van der Waals surface area contributed by atoms with E-state index in [9.17, 15) is 9.90 Å². The van der Waals surface area contributed by atoms with Crippen LogP contribution in [0.2, 0.25) is 0 Å². The molecule has 0 unspecified atom stereocenters. The van der Waals surface area contributed by atoms with Gasteiger partial charge in [-0.05, 0) is 57.4 Å². The van der Waals surface area contributed by atoms with E-state index < -0.39 is 5.91 Å². The maximum absolute atomic E-state index is 10.7. The van der Waals surface area contributed by atoms with Crippen molar-refractivity contribution >= 4 is 44.0 Å². The number of rotatable bonds is 3. The number of phenolic OH excluding ortho intramolecular Hbond substituents is 1. The number of phenols is 1. The van der Waals surface area contributed by atoms with Crippen molar-refractivity contribution < 1.29 is 9.90 Å². The second-order valence-corrected chi connectivity index (χ2v) is 7.04. The van der Waals surface area contributed by atoms with Gasteiger partial charge in [-0.1, -0.05) is 52.3 Å².